The van der Waals surface area contributed by atoms with Gasteiger partial charge in [-0.25, -0.2) is 0 Å². The first-order valence-electron chi connectivity index (χ1n) is 7.04. The van der Waals surface area contributed by atoms with Crippen LogP contribution in [0.1, 0.15) is 30.4 Å². The lowest BCUT2D eigenvalue weighted by atomic mass is 9.61. The lowest BCUT2D eigenvalue weighted by Crippen LogP contribution is -2.43. The fourth-order valence-electron chi connectivity index (χ4n) is 2.97. The molecule has 0 heterocycles. The van der Waals surface area contributed by atoms with Crippen LogP contribution in [-0.2, 0) is 16.6 Å². The van der Waals surface area contributed by atoms with Crippen LogP contribution in [0.5, 0.6) is 0 Å². The van der Waals surface area contributed by atoms with Crippen molar-refractivity contribution in [3.8, 4) is 0 Å². The lowest BCUT2D eigenvalue weighted by molar-refractivity contribution is -0.127. The van der Waals surface area contributed by atoms with E-state index in [0.717, 1.165) is 29.3 Å². The van der Waals surface area contributed by atoms with Gasteiger partial charge in [0.05, 0.1) is 5.41 Å². The lowest BCUT2D eigenvalue weighted by Gasteiger charge is -2.41. The molecule has 1 saturated carbocycles. The Morgan fingerprint density at radius 3 is 2.20 bits per heavy atom. The predicted molar refractivity (Wildman–Crippen MR) is 84.8 cm³/mol. The summed E-state index contributed by atoms with van der Waals surface area (Å²) in [4.78, 5) is 12.8. The monoisotopic (exact) mass is 328 g/mol. The van der Waals surface area contributed by atoms with Crippen molar-refractivity contribution in [3.05, 3.63) is 70.2 Å². The zero-order chi connectivity index (χ0) is 14.0. The van der Waals surface area contributed by atoms with Gasteiger partial charge in [0.2, 0.25) is 0 Å². The van der Waals surface area contributed by atoms with Gasteiger partial charge in [0, 0.05) is 10.9 Å². The Labute approximate surface area is 128 Å². The van der Waals surface area contributed by atoms with E-state index in [1.807, 2.05) is 42.5 Å². The van der Waals surface area contributed by atoms with Crippen molar-refractivity contribution in [2.24, 2.45) is 0 Å². The van der Waals surface area contributed by atoms with Gasteiger partial charge in [-0.3, -0.25) is 4.79 Å². The Hall–Kier alpha value is -1.41. The van der Waals surface area contributed by atoms with E-state index in [2.05, 4.69) is 28.1 Å². The first kappa shape index (κ1) is 13.6. The minimum atomic E-state index is -0.228. The summed E-state index contributed by atoms with van der Waals surface area (Å²) >= 11 is 3.43. The summed E-state index contributed by atoms with van der Waals surface area (Å²) < 4.78 is 1.05. The summed E-state index contributed by atoms with van der Waals surface area (Å²) in [6.07, 6.45) is 3.67. The van der Waals surface area contributed by atoms with Crippen molar-refractivity contribution in [2.45, 2.75) is 31.1 Å². The number of rotatable bonds is 4. The van der Waals surface area contributed by atoms with Crippen molar-refractivity contribution in [1.82, 2.24) is 0 Å². The maximum atomic E-state index is 12.8. The highest BCUT2D eigenvalue weighted by atomic mass is 79.9. The first-order chi connectivity index (χ1) is 9.71. The van der Waals surface area contributed by atoms with Crippen molar-refractivity contribution in [1.29, 1.82) is 0 Å². The molecule has 1 nitrogen and oxygen atoms in total. The SMILES string of the molecule is O=C(Cc1ccc(Br)cc1)C1(c2ccccc2)CCC1. The van der Waals surface area contributed by atoms with Gasteiger partial charge < -0.3 is 0 Å². The number of Topliss-reactive ketones (excluding diaryl/α,β-unsaturated/α-hetero) is 1. The Bertz CT molecular complexity index is 597. The number of halogens is 1. The second-order valence-corrected chi connectivity index (χ2v) is 6.44. The molecule has 1 aliphatic carbocycles. The molecule has 2 heteroatoms. The molecule has 0 amide bonds. The van der Waals surface area contributed by atoms with Crippen LogP contribution >= 0.6 is 15.9 Å². The number of hydrogen-bond donors (Lipinski definition) is 0. The molecule has 3 rings (SSSR count). The molecule has 0 bridgehead atoms. The van der Waals surface area contributed by atoms with Crippen LogP contribution < -0.4 is 0 Å². The fourth-order valence-corrected chi connectivity index (χ4v) is 3.24. The molecule has 0 N–H and O–H groups in total. The van der Waals surface area contributed by atoms with Crippen LogP contribution in [0.2, 0.25) is 0 Å². The molecule has 0 aliphatic heterocycles. The first-order valence-corrected chi connectivity index (χ1v) is 7.83. The minimum absolute atomic E-state index is 0.228. The van der Waals surface area contributed by atoms with Crippen LogP contribution in [0, 0.1) is 0 Å². The Morgan fingerprint density at radius 2 is 1.65 bits per heavy atom. The standard InChI is InChI=1S/C18H17BrO/c19-16-9-7-14(8-10-16)13-17(20)18(11-4-12-18)15-5-2-1-3-6-15/h1-3,5-10H,4,11-13H2. The van der Waals surface area contributed by atoms with Gasteiger partial charge in [-0.05, 0) is 36.1 Å². The fraction of sp³-hybridized carbons (Fsp3) is 0.278. The molecule has 0 spiro atoms. The van der Waals surface area contributed by atoms with Gasteiger partial charge in [-0.15, -0.1) is 0 Å². The molecule has 20 heavy (non-hydrogen) atoms. The van der Waals surface area contributed by atoms with E-state index < -0.39 is 0 Å². The van der Waals surface area contributed by atoms with Crippen LogP contribution in [0.15, 0.2) is 59.1 Å². The molecule has 102 valence electrons. The van der Waals surface area contributed by atoms with Gasteiger partial charge in [0.15, 0.2) is 0 Å². The molecule has 0 radical (unpaired) electrons. The average Bonchev–Trinajstić information content (AvgIpc) is 2.41. The number of carbonyl (C=O) groups is 1. The van der Waals surface area contributed by atoms with Crippen LogP contribution in [0.3, 0.4) is 0 Å². The molecule has 1 aliphatic rings. The quantitative estimate of drug-likeness (QED) is 0.796. The normalized spacial score (nSPS) is 16.4. The number of carbonyl (C=O) groups excluding carboxylic acids is 1. The summed E-state index contributed by atoms with van der Waals surface area (Å²) in [6, 6.07) is 18.3. The van der Waals surface area contributed by atoms with Crippen molar-refractivity contribution in [2.75, 3.05) is 0 Å². The molecule has 0 aromatic heterocycles. The highest BCUT2D eigenvalue weighted by molar-refractivity contribution is 9.10. The number of benzene rings is 2. The van der Waals surface area contributed by atoms with Crippen LogP contribution in [0.25, 0.3) is 0 Å². The van der Waals surface area contributed by atoms with Crippen molar-refractivity contribution >= 4 is 21.7 Å². The van der Waals surface area contributed by atoms with E-state index >= 15 is 0 Å². The molecule has 0 atom stereocenters. The summed E-state index contributed by atoms with van der Waals surface area (Å²) in [5.41, 5.74) is 2.06. The summed E-state index contributed by atoms with van der Waals surface area (Å²) in [7, 11) is 0. The average molecular weight is 329 g/mol. The smallest absolute Gasteiger partial charge is 0.147 e. The molecule has 0 saturated heterocycles. The third-order valence-corrected chi connectivity index (χ3v) is 4.87. The van der Waals surface area contributed by atoms with Gasteiger partial charge in [-0.2, -0.15) is 0 Å². The minimum Gasteiger partial charge on any atom is -0.298 e. The molecule has 0 unspecified atom stereocenters. The Balaban J connectivity index is 1.83. The molecular weight excluding hydrogens is 312 g/mol. The Morgan fingerprint density at radius 1 is 1.00 bits per heavy atom. The topological polar surface area (TPSA) is 17.1 Å². The highest BCUT2D eigenvalue weighted by Crippen LogP contribution is 2.45. The third-order valence-electron chi connectivity index (χ3n) is 4.35. The highest BCUT2D eigenvalue weighted by Gasteiger charge is 2.44. The van der Waals surface area contributed by atoms with E-state index in [9.17, 15) is 4.79 Å². The summed E-state index contributed by atoms with van der Waals surface area (Å²) in [6.45, 7) is 0. The van der Waals surface area contributed by atoms with Crippen molar-refractivity contribution < 1.29 is 4.79 Å². The van der Waals surface area contributed by atoms with E-state index in [0.29, 0.717) is 12.2 Å². The molecule has 2 aromatic rings. The van der Waals surface area contributed by atoms with Gasteiger partial charge >= 0.3 is 0 Å². The van der Waals surface area contributed by atoms with Crippen LogP contribution in [0.4, 0.5) is 0 Å². The Kier molecular flexibility index (Phi) is 3.75. The van der Waals surface area contributed by atoms with E-state index in [4.69, 9.17) is 0 Å². The maximum absolute atomic E-state index is 12.8. The number of hydrogen-bond acceptors (Lipinski definition) is 1. The van der Waals surface area contributed by atoms with Crippen LogP contribution in [-0.4, -0.2) is 5.78 Å². The summed E-state index contributed by atoms with van der Waals surface area (Å²) in [5.74, 6) is 0.359. The predicted octanol–water partition coefficient (Wildman–Crippen LogP) is 4.68. The van der Waals surface area contributed by atoms with Gasteiger partial charge in [0.1, 0.15) is 5.78 Å². The van der Waals surface area contributed by atoms with E-state index in [1.54, 1.807) is 0 Å². The van der Waals surface area contributed by atoms with Crippen molar-refractivity contribution in [3.63, 3.8) is 0 Å². The second-order valence-electron chi connectivity index (χ2n) is 5.53. The molecule has 2 aromatic carbocycles. The second kappa shape index (κ2) is 5.53. The van der Waals surface area contributed by atoms with Gasteiger partial charge in [0.25, 0.3) is 0 Å². The largest absolute Gasteiger partial charge is 0.298 e. The third kappa shape index (κ3) is 2.45. The molecule has 1 fully saturated rings. The van der Waals surface area contributed by atoms with E-state index in [1.165, 1.54) is 5.56 Å². The summed E-state index contributed by atoms with van der Waals surface area (Å²) in [5, 5.41) is 0. The zero-order valence-electron chi connectivity index (χ0n) is 11.3. The zero-order valence-corrected chi connectivity index (χ0v) is 12.9. The number of ketones is 1. The maximum Gasteiger partial charge on any atom is 0.147 e. The molecular formula is C18H17BrO. The van der Waals surface area contributed by atoms with E-state index in [-0.39, 0.29) is 5.41 Å². The van der Waals surface area contributed by atoms with Gasteiger partial charge in [-0.1, -0.05) is 64.8 Å².